The minimum atomic E-state index is -6.44. The maximum absolute atomic E-state index is 12.5. The molecule has 1 radical (unpaired) electrons. The van der Waals surface area contributed by atoms with Crippen LogP contribution in [0.5, 0.6) is 0 Å². The predicted molar refractivity (Wildman–Crippen MR) is 35.7 cm³/mol. The van der Waals surface area contributed by atoms with Gasteiger partial charge in [-0.3, -0.25) is 0 Å². The van der Waals surface area contributed by atoms with Gasteiger partial charge in [-0.15, -0.1) is 0 Å². The molecular formula is C7H6F9. The normalized spacial score (nSPS) is 18.4. The van der Waals surface area contributed by atoms with Crippen LogP contribution in [0.25, 0.3) is 0 Å². The highest BCUT2D eigenvalue weighted by Gasteiger charge is 2.68. The molecule has 2 atom stereocenters. The number of halogens is 9. The van der Waals surface area contributed by atoms with Gasteiger partial charge >= 0.3 is 12.1 Å². The van der Waals surface area contributed by atoms with Crippen LogP contribution in [-0.4, -0.2) is 30.4 Å². The molecule has 0 rings (SSSR count). The maximum atomic E-state index is 12.5. The molecular weight excluding hydrogens is 255 g/mol. The van der Waals surface area contributed by atoms with E-state index in [1.54, 1.807) is 0 Å². The zero-order valence-electron chi connectivity index (χ0n) is 7.47. The first-order chi connectivity index (χ1) is 6.88. The lowest BCUT2D eigenvalue weighted by atomic mass is 10.0. The van der Waals surface area contributed by atoms with Gasteiger partial charge in [-0.05, 0) is 6.92 Å². The molecule has 0 amide bonds. The number of rotatable bonds is 4. The molecule has 0 aliphatic rings. The molecule has 1 unspecified atom stereocenters. The van der Waals surface area contributed by atoms with Crippen LogP contribution in [0.4, 0.5) is 39.5 Å². The average Bonchev–Trinajstić information content (AvgIpc) is 2.13. The quantitative estimate of drug-likeness (QED) is 0.676. The highest BCUT2D eigenvalue weighted by Crippen LogP contribution is 2.44. The van der Waals surface area contributed by atoms with Crippen molar-refractivity contribution in [1.29, 1.82) is 0 Å². The third-order valence-electron chi connectivity index (χ3n) is 1.72. The third kappa shape index (κ3) is 2.73. The summed E-state index contributed by atoms with van der Waals surface area (Å²) in [5, 5.41) is 0. The van der Waals surface area contributed by atoms with E-state index < -0.39 is 36.8 Å². The number of hydrogen-bond acceptors (Lipinski definition) is 0. The second kappa shape index (κ2) is 4.33. The lowest BCUT2D eigenvalue weighted by Gasteiger charge is -2.28. The van der Waals surface area contributed by atoms with E-state index in [0.29, 0.717) is 0 Å². The Bertz CT molecular complexity index is 231. The standard InChI is InChI=1S/C7H6F9/c1-2-5(10,11)3(8)4(9)6(12,13)7(14,15)16/h3-4H,1-2H2/t3?,4-/m0/s1. The van der Waals surface area contributed by atoms with E-state index in [-0.39, 0.29) is 0 Å². The molecule has 16 heavy (non-hydrogen) atoms. The average molecular weight is 261 g/mol. The lowest BCUT2D eigenvalue weighted by molar-refractivity contribution is -0.316. The Labute approximate surface area is 84.4 Å². The summed E-state index contributed by atoms with van der Waals surface area (Å²) in [6.45, 7) is 2.42. The minimum Gasteiger partial charge on any atom is -0.237 e. The molecule has 0 heterocycles. The molecule has 9 heteroatoms. The van der Waals surface area contributed by atoms with E-state index in [9.17, 15) is 39.5 Å². The summed E-state index contributed by atoms with van der Waals surface area (Å²) >= 11 is 0. The molecule has 0 fully saturated rings. The van der Waals surface area contributed by atoms with Crippen LogP contribution >= 0.6 is 0 Å². The molecule has 0 nitrogen and oxygen atoms in total. The predicted octanol–water partition coefficient (Wildman–Crippen LogP) is 3.72. The van der Waals surface area contributed by atoms with Crippen LogP contribution in [-0.2, 0) is 0 Å². The Balaban J connectivity index is 5.01. The molecule has 97 valence electrons. The van der Waals surface area contributed by atoms with Gasteiger partial charge < -0.3 is 0 Å². The number of alkyl halides is 9. The van der Waals surface area contributed by atoms with Gasteiger partial charge in [-0.2, -0.15) is 22.0 Å². The van der Waals surface area contributed by atoms with Crippen LogP contribution in [0.15, 0.2) is 0 Å². The van der Waals surface area contributed by atoms with Gasteiger partial charge in [0.2, 0.25) is 12.3 Å². The smallest absolute Gasteiger partial charge is 0.237 e. The first-order valence-corrected chi connectivity index (χ1v) is 3.77. The van der Waals surface area contributed by atoms with Crippen molar-refractivity contribution in [2.24, 2.45) is 0 Å². The summed E-state index contributed by atoms with van der Waals surface area (Å²) in [5.74, 6) is -10.9. The van der Waals surface area contributed by atoms with Crippen LogP contribution in [0.3, 0.4) is 0 Å². The van der Waals surface area contributed by atoms with Gasteiger partial charge in [0.25, 0.3) is 5.92 Å². The Morgan fingerprint density at radius 1 is 0.812 bits per heavy atom. The molecule has 0 aromatic heterocycles. The van der Waals surface area contributed by atoms with Crippen LogP contribution in [0, 0.1) is 6.92 Å². The zero-order valence-corrected chi connectivity index (χ0v) is 7.47. The van der Waals surface area contributed by atoms with Crippen molar-refractivity contribution in [2.75, 3.05) is 0 Å². The molecule has 0 bridgehead atoms. The van der Waals surface area contributed by atoms with E-state index in [1.807, 2.05) is 0 Å². The maximum Gasteiger partial charge on any atom is 0.456 e. The number of hydrogen-bond donors (Lipinski definition) is 0. The summed E-state index contributed by atoms with van der Waals surface area (Å²) < 4.78 is 108. The SMILES string of the molecule is [CH2]CC(F)(F)C(F)[C@H](F)C(F)(F)C(F)(F)F. The Morgan fingerprint density at radius 3 is 1.44 bits per heavy atom. The van der Waals surface area contributed by atoms with Gasteiger partial charge in [-0.25, -0.2) is 17.6 Å². The van der Waals surface area contributed by atoms with Crippen molar-refractivity contribution in [1.82, 2.24) is 0 Å². The fraction of sp³-hybridized carbons (Fsp3) is 0.857. The van der Waals surface area contributed by atoms with Crippen molar-refractivity contribution >= 4 is 0 Å². The van der Waals surface area contributed by atoms with E-state index in [1.165, 1.54) is 0 Å². The van der Waals surface area contributed by atoms with Crippen molar-refractivity contribution in [3.63, 3.8) is 0 Å². The first kappa shape index (κ1) is 15.4. The lowest BCUT2D eigenvalue weighted by Crippen LogP contribution is -2.53. The van der Waals surface area contributed by atoms with E-state index in [0.717, 1.165) is 0 Å². The first-order valence-electron chi connectivity index (χ1n) is 3.77. The molecule has 0 spiro atoms. The van der Waals surface area contributed by atoms with Crippen molar-refractivity contribution < 1.29 is 39.5 Å². The Hall–Kier alpha value is -0.630. The second-order valence-corrected chi connectivity index (χ2v) is 2.94. The monoisotopic (exact) mass is 261 g/mol. The fourth-order valence-electron chi connectivity index (χ4n) is 0.692. The van der Waals surface area contributed by atoms with Gasteiger partial charge in [0.05, 0.1) is 0 Å². The van der Waals surface area contributed by atoms with Gasteiger partial charge in [-0.1, -0.05) is 0 Å². The summed E-state index contributed by atoms with van der Waals surface area (Å²) in [6.07, 6.45) is -17.0. The highest BCUT2D eigenvalue weighted by atomic mass is 19.4. The highest BCUT2D eigenvalue weighted by molar-refractivity contribution is 4.95. The summed E-state index contributed by atoms with van der Waals surface area (Å²) in [7, 11) is 0. The fourth-order valence-corrected chi connectivity index (χ4v) is 0.692. The second-order valence-electron chi connectivity index (χ2n) is 2.94. The molecule has 0 aliphatic carbocycles. The molecule has 0 saturated heterocycles. The summed E-state index contributed by atoms with van der Waals surface area (Å²) in [4.78, 5) is 0. The van der Waals surface area contributed by atoms with E-state index in [4.69, 9.17) is 0 Å². The molecule has 0 aliphatic heterocycles. The largest absolute Gasteiger partial charge is 0.456 e. The van der Waals surface area contributed by atoms with E-state index in [2.05, 4.69) is 6.92 Å². The van der Waals surface area contributed by atoms with Crippen molar-refractivity contribution in [2.45, 2.75) is 36.8 Å². The molecule has 0 aromatic carbocycles. The minimum absolute atomic E-state index is 1.64. The molecule has 0 aromatic rings. The van der Waals surface area contributed by atoms with Gasteiger partial charge in [0.1, 0.15) is 0 Å². The topological polar surface area (TPSA) is 0 Å². The third-order valence-corrected chi connectivity index (χ3v) is 1.72. The van der Waals surface area contributed by atoms with E-state index >= 15 is 0 Å². The summed E-state index contributed by atoms with van der Waals surface area (Å²) in [6, 6.07) is 0. The Kier molecular flexibility index (Phi) is 4.15. The molecule has 0 N–H and O–H groups in total. The van der Waals surface area contributed by atoms with Crippen molar-refractivity contribution in [3.8, 4) is 0 Å². The van der Waals surface area contributed by atoms with Gasteiger partial charge in [0, 0.05) is 6.42 Å². The van der Waals surface area contributed by atoms with Crippen LogP contribution < -0.4 is 0 Å². The van der Waals surface area contributed by atoms with Crippen LogP contribution in [0.1, 0.15) is 6.42 Å². The summed E-state index contributed by atoms with van der Waals surface area (Å²) in [5.41, 5.74) is 0. The Morgan fingerprint density at radius 2 is 1.19 bits per heavy atom. The zero-order chi connectivity index (χ0) is 13.4. The molecule has 0 saturated carbocycles. The van der Waals surface area contributed by atoms with Crippen molar-refractivity contribution in [3.05, 3.63) is 6.92 Å². The van der Waals surface area contributed by atoms with Crippen LogP contribution in [0.2, 0.25) is 0 Å². The van der Waals surface area contributed by atoms with Gasteiger partial charge in [0.15, 0.2) is 0 Å².